The lowest BCUT2D eigenvalue weighted by Crippen LogP contribution is -2.45. The maximum atomic E-state index is 12.7. The maximum absolute atomic E-state index is 12.7. The molecular weight excluding hydrogens is 487 g/mol. The van der Waals surface area contributed by atoms with E-state index >= 15 is 0 Å². The number of alkyl halides is 3. The van der Waals surface area contributed by atoms with Gasteiger partial charge in [-0.25, -0.2) is 4.99 Å². The first kappa shape index (κ1) is 22.5. The first-order chi connectivity index (χ1) is 18.6. The van der Waals surface area contributed by atoms with Crippen molar-refractivity contribution in [2.75, 3.05) is 31.2 Å². The van der Waals surface area contributed by atoms with Gasteiger partial charge in [-0.1, -0.05) is 13.0 Å². The molecule has 1 fully saturated rings. The van der Waals surface area contributed by atoms with Crippen LogP contribution in [0.15, 0.2) is 53.5 Å². The normalized spacial score (nSPS) is 24.7. The number of carbonyl (C=O) groups is 1. The van der Waals surface area contributed by atoms with E-state index in [4.69, 9.17) is 7.73 Å². The van der Waals surface area contributed by atoms with Crippen molar-refractivity contribution < 1.29 is 25.4 Å². The molecule has 1 amide bonds. The number of amides is 1. The molecule has 0 saturated carbocycles. The fraction of sp³-hybridized carbons (Fsp3) is 0.480. The van der Waals surface area contributed by atoms with E-state index in [2.05, 4.69) is 15.2 Å². The smallest absolute Gasteiger partial charge is 0.406 e. The minimum Gasteiger partial charge on any atom is -0.406 e. The van der Waals surface area contributed by atoms with Crippen LogP contribution >= 0.6 is 0 Å². The minimum absolute atomic E-state index is 0.0901. The molecule has 3 unspecified atom stereocenters. The number of carbonyl (C=O) groups excluding carboxylic acids is 1. The Morgan fingerprint density at radius 3 is 2.92 bits per heavy atom. The number of likely N-dealkylation sites (N-methyl/N-ethyl adjacent to an activating group) is 1. The molecule has 1 aromatic carbocycles. The van der Waals surface area contributed by atoms with Gasteiger partial charge in [-0.3, -0.25) is 9.48 Å². The standard InChI is InChI=1S/C25H30F3N7O2/c1-3-8-32-15-21-24(33(4-2)16-32)31-23(30-21)18-11-29-34(14-18)12-17-9-22(36)35(13-17)19-6-5-7-20(10-19)37-25(26,27)28/h5-7,10-11,14-15,17,23,30H,3-4,8-9,12-13,16H2,1-2H3/i15D,16D. The molecule has 0 aliphatic carbocycles. The first-order valence-electron chi connectivity index (χ1n) is 13.3. The molecule has 0 bridgehead atoms. The number of aromatic nitrogens is 2. The lowest BCUT2D eigenvalue weighted by atomic mass is 10.1. The van der Waals surface area contributed by atoms with Crippen molar-refractivity contribution in [2.45, 2.75) is 45.8 Å². The number of rotatable bonds is 8. The molecule has 1 N–H and O–H groups in total. The molecule has 5 rings (SSSR count). The van der Waals surface area contributed by atoms with Crippen LogP contribution in [0.4, 0.5) is 18.9 Å². The van der Waals surface area contributed by atoms with Gasteiger partial charge in [0.1, 0.15) is 11.9 Å². The summed E-state index contributed by atoms with van der Waals surface area (Å²) in [5.74, 6) is -0.0453. The highest BCUT2D eigenvalue weighted by atomic mass is 19.4. The van der Waals surface area contributed by atoms with E-state index in [1.807, 2.05) is 24.9 Å². The van der Waals surface area contributed by atoms with Gasteiger partial charge >= 0.3 is 6.36 Å². The number of halogens is 3. The average molecular weight is 520 g/mol. The third kappa shape index (κ3) is 5.52. The van der Waals surface area contributed by atoms with Crippen molar-refractivity contribution in [1.29, 1.82) is 0 Å². The second-order valence-corrected chi connectivity index (χ2v) is 9.20. The fourth-order valence-corrected chi connectivity index (χ4v) is 4.75. The highest BCUT2D eigenvalue weighted by Crippen LogP contribution is 2.31. The van der Waals surface area contributed by atoms with Gasteiger partial charge in [-0.15, -0.1) is 13.2 Å². The predicted octanol–water partition coefficient (Wildman–Crippen LogP) is 3.68. The zero-order valence-corrected chi connectivity index (χ0v) is 20.6. The van der Waals surface area contributed by atoms with Gasteiger partial charge in [-0.05, 0) is 25.5 Å². The Hall–Kier alpha value is -3.70. The number of benzene rings is 1. The van der Waals surface area contributed by atoms with Crippen molar-refractivity contribution >= 4 is 17.4 Å². The number of fused-ring (bicyclic) bond motifs is 1. The van der Waals surface area contributed by atoms with Gasteiger partial charge in [-0.2, -0.15) is 5.10 Å². The Morgan fingerprint density at radius 1 is 1.32 bits per heavy atom. The summed E-state index contributed by atoms with van der Waals surface area (Å²) in [6, 6.07) is 5.41. The number of hydrogen-bond donors (Lipinski definition) is 1. The van der Waals surface area contributed by atoms with Crippen LogP contribution in [-0.4, -0.2) is 64.0 Å². The number of amidine groups is 1. The molecule has 3 aliphatic heterocycles. The maximum Gasteiger partial charge on any atom is 0.573 e. The van der Waals surface area contributed by atoms with Crippen molar-refractivity contribution in [2.24, 2.45) is 10.9 Å². The van der Waals surface area contributed by atoms with E-state index in [-0.39, 0.29) is 30.2 Å². The lowest BCUT2D eigenvalue weighted by Gasteiger charge is -2.35. The Bertz CT molecular complexity index is 1300. The number of nitrogens with zero attached hydrogens (tertiary/aromatic N) is 6. The van der Waals surface area contributed by atoms with Crippen molar-refractivity contribution in [3.05, 3.63) is 54.1 Å². The molecule has 9 nitrogen and oxygen atoms in total. The summed E-state index contributed by atoms with van der Waals surface area (Å²) < 4.78 is 60.8. The molecule has 198 valence electrons. The van der Waals surface area contributed by atoms with Crippen molar-refractivity contribution in [3.63, 3.8) is 0 Å². The zero-order valence-electron chi connectivity index (χ0n) is 22.6. The molecule has 12 heteroatoms. The highest BCUT2D eigenvalue weighted by Gasteiger charge is 2.34. The zero-order chi connectivity index (χ0) is 27.9. The summed E-state index contributed by atoms with van der Waals surface area (Å²) in [6.45, 7) is 5.22. The van der Waals surface area contributed by atoms with E-state index < -0.39 is 19.2 Å². The number of anilines is 1. The summed E-state index contributed by atoms with van der Waals surface area (Å²) in [7, 11) is 0. The molecule has 3 aliphatic rings. The van der Waals surface area contributed by atoms with Gasteiger partial charge in [0.2, 0.25) is 5.91 Å². The van der Waals surface area contributed by atoms with Crippen molar-refractivity contribution in [1.82, 2.24) is 24.9 Å². The van der Waals surface area contributed by atoms with Crippen LogP contribution < -0.4 is 15.0 Å². The van der Waals surface area contributed by atoms with E-state index in [9.17, 15) is 18.0 Å². The fourth-order valence-electron chi connectivity index (χ4n) is 4.75. The van der Waals surface area contributed by atoms with Crippen LogP contribution in [0.2, 0.25) is 0 Å². The van der Waals surface area contributed by atoms with Crippen LogP contribution in [0.25, 0.3) is 0 Å². The summed E-state index contributed by atoms with van der Waals surface area (Å²) in [6.07, 6.45) is -0.424. The second kappa shape index (κ2) is 9.98. The molecular formula is C25H30F3N7O2. The Balaban J connectivity index is 1.27. The monoisotopic (exact) mass is 519 g/mol. The highest BCUT2D eigenvalue weighted by molar-refractivity contribution is 6.00. The van der Waals surface area contributed by atoms with E-state index in [0.29, 0.717) is 43.4 Å². The van der Waals surface area contributed by atoms with Crippen LogP contribution in [0.5, 0.6) is 5.75 Å². The third-order valence-electron chi connectivity index (χ3n) is 6.35. The van der Waals surface area contributed by atoms with E-state index in [1.54, 1.807) is 21.8 Å². The molecule has 4 heterocycles. The molecule has 37 heavy (non-hydrogen) atoms. The van der Waals surface area contributed by atoms with E-state index in [1.165, 1.54) is 23.1 Å². The SMILES string of the molecule is [2H]C1=C2NC(c3cnn(CC4CC(=O)N(c5cccc(OC(F)(F)F)c5)C4)c3)N=C2N(CC)C([2H])N1CCC. The summed E-state index contributed by atoms with van der Waals surface area (Å²) in [4.78, 5) is 22.5. The van der Waals surface area contributed by atoms with Gasteiger partial charge < -0.3 is 24.8 Å². The minimum atomic E-state index is -4.81. The molecule has 0 spiro atoms. The number of nitrogens with one attached hydrogen (secondary N) is 1. The average Bonchev–Trinajstić information content (AvgIpc) is 3.60. The quantitative estimate of drug-likeness (QED) is 0.574. The third-order valence-corrected chi connectivity index (χ3v) is 6.35. The summed E-state index contributed by atoms with van der Waals surface area (Å²) >= 11 is 0. The number of aliphatic imine (C=N–C) groups is 1. The Morgan fingerprint density at radius 2 is 2.16 bits per heavy atom. The van der Waals surface area contributed by atoms with Crippen LogP contribution in [-0.2, 0) is 11.3 Å². The van der Waals surface area contributed by atoms with Crippen LogP contribution in [0.3, 0.4) is 0 Å². The molecule has 1 saturated heterocycles. The lowest BCUT2D eigenvalue weighted by molar-refractivity contribution is -0.274. The van der Waals surface area contributed by atoms with Crippen LogP contribution in [0, 0.1) is 5.92 Å². The predicted molar refractivity (Wildman–Crippen MR) is 131 cm³/mol. The molecule has 0 radical (unpaired) electrons. The number of hydrogen-bond acceptors (Lipinski definition) is 7. The first-order valence-corrected chi connectivity index (χ1v) is 12.3. The topological polar surface area (TPSA) is 78.2 Å². The van der Waals surface area contributed by atoms with Gasteiger partial charge in [0.05, 0.1) is 21.3 Å². The van der Waals surface area contributed by atoms with E-state index in [0.717, 1.165) is 12.0 Å². The van der Waals surface area contributed by atoms with Crippen molar-refractivity contribution in [3.8, 4) is 5.75 Å². The summed E-state index contributed by atoms with van der Waals surface area (Å²) in [5.41, 5.74) is 1.74. The van der Waals surface area contributed by atoms with Gasteiger partial charge in [0.25, 0.3) is 0 Å². The van der Waals surface area contributed by atoms with Gasteiger partial charge in [0, 0.05) is 68.2 Å². The Kier molecular flexibility index (Phi) is 6.07. The summed E-state index contributed by atoms with van der Waals surface area (Å²) in [5, 5.41) is 7.76. The van der Waals surface area contributed by atoms with Gasteiger partial charge in [0.15, 0.2) is 5.84 Å². The number of ether oxygens (including phenoxy) is 1. The second-order valence-electron chi connectivity index (χ2n) is 9.20. The molecule has 2 aromatic rings. The molecule has 1 aromatic heterocycles. The Labute approximate surface area is 216 Å². The largest absolute Gasteiger partial charge is 0.573 e. The molecule has 3 atom stereocenters. The van der Waals surface area contributed by atoms with Crippen LogP contribution in [0.1, 0.15) is 41.2 Å².